The van der Waals surface area contributed by atoms with Gasteiger partial charge in [0.05, 0.1) is 12.9 Å². The van der Waals surface area contributed by atoms with Crippen molar-refractivity contribution in [2.24, 2.45) is 0 Å². The predicted octanol–water partition coefficient (Wildman–Crippen LogP) is 2.85. The van der Waals surface area contributed by atoms with Crippen LogP contribution in [0.5, 0.6) is 0 Å². The highest BCUT2D eigenvalue weighted by molar-refractivity contribution is 5.21. The Morgan fingerprint density at radius 1 is 1.54 bits per heavy atom. The van der Waals surface area contributed by atoms with Gasteiger partial charge in [0.25, 0.3) is 0 Å². The average Bonchev–Trinajstić information content (AvgIpc) is 2.71. The summed E-state index contributed by atoms with van der Waals surface area (Å²) in [6.45, 7) is 4.39. The summed E-state index contributed by atoms with van der Waals surface area (Å²) in [5.41, 5.74) is 1.23. The van der Waals surface area contributed by atoms with Crippen molar-refractivity contribution in [1.29, 1.82) is 0 Å². The minimum absolute atomic E-state index is 0.0630. The molecule has 0 N–H and O–H groups in total. The van der Waals surface area contributed by atoms with Crippen LogP contribution in [-0.2, 0) is 4.74 Å². The van der Waals surface area contributed by atoms with Gasteiger partial charge < -0.3 is 9.15 Å². The highest BCUT2D eigenvalue weighted by Gasteiger charge is 2.18. The van der Waals surface area contributed by atoms with Gasteiger partial charge in [0.2, 0.25) is 0 Å². The summed E-state index contributed by atoms with van der Waals surface area (Å²) in [7, 11) is 0. The van der Waals surface area contributed by atoms with Gasteiger partial charge >= 0.3 is 0 Å². The highest BCUT2D eigenvalue weighted by Crippen LogP contribution is 2.28. The van der Waals surface area contributed by atoms with E-state index in [0.717, 1.165) is 12.2 Å². The van der Waals surface area contributed by atoms with E-state index in [4.69, 9.17) is 9.15 Å². The lowest BCUT2D eigenvalue weighted by Gasteiger charge is -2.19. The molecule has 0 saturated heterocycles. The Kier molecular flexibility index (Phi) is 2.32. The van der Waals surface area contributed by atoms with E-state index in [2.05, 4.69) is 6.58 Å². The summed E-state index contributed by atoms with van der Waals surface area (Å²) in [5.74, 6) is 0.896. The lowest BCUT2D eigenvalue weighted by atomic mass is 10.0. The molecule has 13 heavy (non-hydrogen) atoms. The third-order valence-electron chi connectivity index (χ3n) is 2.19. The standard InChI is InChI=1S/C11H12O2/c1-2-9-5-7-13-11(8-9)10-4-3-6-12-10/h2-6,11H,1,7-8H2/t11-/m0/s1. The Bertz CT molecular complexity index is 309. The van der Waals surface area contributed by atoms with Gasteiger partial charge in [-0.1, -0.05) is 18.7 Å². The van der Waals surface area contributed by atoms with Gasteiger partial charge in [-0.25, -0.2) is 0 Å². The Morgan fingerprint density at radius 2 is 2.46 bits per heavy atom. The van der Waals surface area contributed by atoms with Crippen molar-refractivity contribution in [1.82, 2.24) is 0 Å². The van der Waals surface area contributed by atoms with Crippen LogP contribution in [0.3, 0.4) is 0 Å². The van der Waals surface area contributed by atoms with E-state index in [9.17, 15) is 0 Å². The predicted molar refractivity (Wildman–Crippen MR) is 50.3 cm³/mol. The molecule has 0 aliphatic carbocycles. The molecular formula is C11H12O2. The average molecular weight is 176 g/mol. The van der Waals surface area contributed by atoms with Gasteiger partial charge in [-0.05, 0) is 17.7 Å². The van der Waals surface area contributed by atoms with Gasteiger partial charge in [0.15, 0.2) is 0 Å². The molecule has 1 aromatic rings. The molecule has 0 aromatic carbocycles. The summed E-state index contributed by atoms with van der Waals surface area (Å²) in [5, 5.41) is 0. The Morgan fingerprint density at radius 3 is 3.15 bits per heavy atom. The van der Waals surface area contributed by atoms with Crippen molar-refractivity contribution in [3.8, 4) is 0 Å². The number of hydrogen-bond donors (Lipinski definition) is 0. The monoisotopic (exact) mass is 176 g/mol. The second-order valence-electron chi connectivity index (χ2n) is 3.02. The Balaban J connectivity index is 2.12. The first-order valence-corrected chi connectivity index (χ1v) is 4.36. The third-order valence-corrected chi connectivity index (χ3v) is 2.19. The van der Waals surface area contributed by atoms with Crippen LogP contribution in [0.2, 0.25) is 0 Å². The zero-order chi connectivity index (χ0) is 9.10. The molecule has 2 nitrogen and oxygen atoms in total. The zero-order valence-corrected chi connectivity index (χ0v) is 7.40. The summed E-state index contributed by atoms with van der Waals surface area (Å²) >= 11 is 0. The molecule has 0 saturated carbocycles. The normalized spacial score (nSPS) is 22.5. The largest absolute Gasteiger partial charge is 0.467 e. The van der Waals surface area contributed by atoms with Crippen LogP contribution in [-0.4, -0.2) is 6.61 Å². The molecule has 1 atom stereocenters. The van der Waals surface area contributed by atoms with E-state index in [1.807, 2.05) is 24.3 Å². The smallest absolute Gasteiger partial charge is 0.132 e. The lowest BCUT2D eigenvalue weighted by Crippen LogP contribution is -2.09. The topological polar surface area (TPSA) is 22.4 Å². The molecular weight excluding hydrogens is 164 g/mol. The van der Waals surface area contributed by atoms with Gasteiger partial charge in [-0.15, -0.1) is 0 Å². The van der Waals surface area contributed by atoms with E-state index in [1.165, 1.54) is 5.57 Å². The fraction of sp³-hybridized carbons (Fsp3) is 0.273. The zero-order valence-electron chi connectivity index (χ0n) is 7.40. The van der Waals surface area contributed by atoms with Crippen molar-refractivity contribution < 1.29 is 9.15 Å². The summed E-state index contributed by atoms with van der Waals surface area (Å²) in [4.78, 5) is 0. The van der Waals surface area contributed by atoms with Gasteiger partial charge in [-0.2, -0.15) is 0 Å². The van der Waals surface area contributed by atoms with Gasteiger partial charge in [-0.3, -0.25) is 0 Å². The molecule has 0 fully saturated rings. The fourth-order valence-corrected chi connectivity index (χ4v) is 1.45. The van der Waals surface area contributed by atoms with E-state index in [-0.39, 0.29) is 6.10 Å². The first-order chi connectivity index (χ1) is 6.40. The van der Waals surface area contributed by atoms with Crippen LogP contribution >= 0.6 is 0 Å². The molecule has 1 aliphatic rings. The van der Waals surface area contributed by atoms with Crippen LogP contribution in [0.1, 0.15) is 18.3 Å². The van der Waals surface area contributed by atoms with Crippen LogP contribution < -0.4 is 0 Å². The van der Waals surface area contributed by atoms with E-state index < -0.39 is 0 Å². The first kappa shape index (κ1) is 8.32. The molecule has 0 spiro atoms. The second-order valence-corrected chi connectivity index (χ2v) is 3.02. The summed E-state index contributed by atoms with van der Waals surface area (Å²) < 4.78 is 10.8. The summed E-state index contributed by atoms with van der Waals surface area (Å²) in [6.07, 6.45) is 6.51. The lowest BCUT2D eigenvalue weighted by molar-refractivity contribution is 0.0490. The molecule has 0 unspecified atom stereocenters. The molecule has 2 heterocycles. The summed E-state index contributed by atoms with van der Waals surface area (Å²) in [6, 6.07) is 3.82. The molecule has 1 aliphatic heterocycles. The van der Waals surface area contributed by atoms with Gasteiger partial charge in [0, 0.05) is 6.42 Å². The number of allylic oxidation sites excluding steroid dienone is 1. The number of furan rings is 1. The number of hydrogen-bond acceptors (Lipinski definition) is 2. The van der Waals surface area contributed by atoms with E-state index in [0.29, 0.717) is 6.61 Å². The number of ether oxygens (including phenoxy) is 1. The second kappa shape index (κ2) is 3.62. The quantitative estimate of drug-likeness (QED) is 0.691. The molecule has 2 heteroatoms. The maximum Gasteiger partial charge on any atom is 0.132 e. The minimum Gasteiger partial charge on any atom is -0.467 e. The van der Waals surface area contributed by atoms with Crippen LogP contribution in [0.15, 0.2) is 47.1 Å². The van der Waals surface area contributed by atoms with Crippen molar-refractivity contribution in [2.45, 2.75) is 12.5 Å². The van der Waals surface area contributed by atoms with Crippen molar-refractivity contribution in [3.63, 3.8) is 0 Å². The van der Waals surface area contributed by atoms with E-state index in [1.54, 1.807) is 6.26 Å². The SMILES string of the molecule is C=CC1=CCO[C@H](c2ccco2)C1. The minimum atomic E-state index is 0.0630. The Hall–Kier alpha value is -1.28. The van der Waals surface area contributed by atoms with E-state index >= 15 is 0 Å². The van der Waals surface area contributed by atoms with Crippen LogP contribution in [0, 0.1) is 0 Å². The van der Waals surface area contributed by atoms with Crippen LogP contribution in [0.4, 0.5) is 0 Å². The molecule has 2 rings (SSSR count). The maximum atomic E-state index is 5.54. The van der Waals surface area contributed by atoms with Gasteiger partial charge in [0.1, 0.15) is 11.9 Å². The van der Waals surface area contributed by atoms with Crippen molar-refractivity contribution in [3.05, 3.63) is 48.5 Å². The molecule has 0 radical (unpaired) electrons. The van der Waals surface area contributed by atoms with Crippen molar-refractivity contribution >= 4 is 0 Å². The number of rotatable bonds is 2. The fourth-order valence-electron chi connectivity index (χ4n) is 1.45. The Labute approximate surface area is 77.5 Å². The maximum absolute atomic E-state index is 5.54. The third kappa shape index (κ3) is 1.73. The molecule has 1 aromatic heterocycles. The molecule has 68 valence electrons. The van der Waals surface area contributed by atoms with Crippen molar-refractivity contribution in [2.75, 3.05) is 6.61 Å². The molecule has 0 amide bonds. The first-order valence-electron chi connectivity index (χ1n) is 4.36. The molecule has 0 bridgehead atoms. The highest BCUT2D eigenvalue weighted by atomic mass is 16.5. The van der Waals surface area contributed by atoms with Crippen LogP contribution in [0.25, 0.3) is 0 Å².